The quantitative estimate of drug-likeness (QED) is 0.626. The second-order valence-electron chi connectivity index (χ2n) is 8.21. The van der Waals surface area contributed by atoms with Crippen LogP contribution in [0.4, 0.5) is 10.1 Å². The van der Waals surface area contributed by atoms with Crippen molar-refractivity contribution in [3.8, 4) is 0 Å². The van der Waals surface area contributed by atoms with E-state index >= 15 is 4.39 Å². The van der Waals surface area contributed by atoms with E-state index in [1.54, 1.807) is 11.4 Å². The smallest absolute Gasteiger partial charge is 0.255 e. The molecule has 3 aliphatic heterocycles. The molecule has 34 heavy (non-hydrogen) atoms. The molecule has 1 atom stereocenters. The summed E-state index contributed by atoms with van der Waals surface area (Å²) in [5.74, 6) is -4.13. The second kappa shape index (κ2) is 9.52. The number of anilines is 1. The number of rotatable bonds is 6. The van der Waals surface area contributed by atoms with Crippen molar-refractivity contribution in [2.24, 2.45) is 0 Å². The number of fused-ring (bicyclic) bond motifs is 1. The monoisotopic (exact) mass is 472 g/mol. The molecular formula is C25H27FN4O4. The van der Waals surface area contributed by atoms with Crippen LogP contribution in [-0.4, -0.2) is 59.9 Å². The summed E-state index contributed by atoms with van der Waals surface area (Å²) in [7, 11) is 0. The van der Waals surface area contributed by atoms with Crippen LogP contribution in [-0.2, 0) is 33.9 Å². The van der Waals surface area contributed by atoms with Crippen molar-refractivity contribution in [3.63, 3.8) is 0 Å². The lowest BCUT2D eigenvalue weighted by Crippen LogP contribution is -2.52. The average molecular weight is 473 g/mol. The number of amides is 3. The molecule has 0 spiro atoms. The predicted molar refractivity (Wildman–Crippen MR) is 122 cm³/mol. The third-order valence-electron chi connectivity index (χ3n) is 5.99. The maximum Gasteiger partial charge on any atom is 0.255 e. The van der Waals surface area contributed by atoms with E-state index in [4.69, 9.17) is 13.0 Å². The summed E-state index contributed by atoms with van der Waals surface area (Å²) in [5, 5.41) is 4.44. The summed E-state index contributed by atoms with van der Waals surface area (Å²) in [6.45, 7) is 0.319. The van der Waals surface area contributed by atoms with Crippen LogP contribution in [0.15, 0.2) is 36.4 Å². The molecule has 2 aromatic rings. The Labute approximate surface area is 205 Å². The summed E-state index contributed by atoms with van der Waals surface area (Å²) in [4.78, 5) is 40.8. The Kier molecular flexibility index (Phi) is 4.58. The Bertz CT molecular complexity index is 1390. The molecule has 5 rings (SSSR count). The van der Waals surface area contributed by atoms with Gasteiger partial charge in [0.1, 0.15) is 11.9 Å². The maximum absolute atomic E-state index is 15.1. The third kappa shape index (κ3) is 4.53. The Morgan fingerprint density at radius 3 is 2.82 bits per heavy atom. The number of carbonyl (C=O) groups is 3. The van der Waals surface area contributed by atoms with Gasteiger partial charge in [-0.05, 0) is 30.1 Å². The van der Waals surface area contributed by atoms with Gasteiger partial charge < -0.3 is 15.0 Å². The number of ether oxygens (including phenoxy) is 1. The van der Waals surface area contributed by atoms with Crippen molar-refractivity contribution in [3.05, 3.63) is 64.5 Å². The lowest BCUT2D eigenvalue weighted by Gasteiger charge is -2.29. The van der Waals surface area contributed by atoms with Gasteiger partial charge >= 0.3 is 0 Å². The fraction of sp³-hybridized carbons (Fsp3) is 0.400. The van der Waals surface area contributed by atoms with Crippen molar-refractivity contribution in [1.82, 2.24) is 15.1 Å². The van der Waals surface area contributed by atoms with Gasteiger partial charge in [-0.2, -0.15) is 0 Å². The molecule has 0 unspecified atom stereocenters. The van der Waals surface area contributed by atoms with E-state index in [9.17, 15) is 14.4 Å². The SMILES string of the molecule is [2H]C([2H])(Nc1cccc2c1CN([C@@H]1C(=O)NC(=O)C([2H])([2H])C1([2H])[2H])C2=O)c1ccc(CN2CCOCC2)cc1F. The zero-order valence-electron chi connectivity index (χ0n) is 24.2. The van der Waals surface area contributed by atoms with Crippen LogP contribution in [0.1, 0.15) is 48.0 Å². The van der Waals surface area contributed by atoms with E-state index in [2.05, 4.69) is 10.2 Å². The summed E-state index contributed by atoms with van der Waals surface area (Å²) in [5.41, 5.74) is 0.807. The molecule has 2 fully saturated rings. The van der Waals surface area contributed by atoms with Crippen molar-refractivity contribution >= 4 is 23.4 Å². The summed E-state index contributed by atoms with van der Waals surface area (Å²) >= 11 is 0. The molecule has 2 saturated heterocycles. The minimum absolute atomic E-state index is 0.0446. The highest BCUT2D eigenvalue weighted by molar-refractivity contribution is 6.06. The standard InChI is InChI=1S/C25H27FN4O4/c26-20-12-16(14-29-8-10-34-11-9-29)4-5-17(20)13-27-21-3-1-2-18-19(21)15-30(25(18)33)22-6-7-23(31)28-24(22)32/h1-5,12,22,27H,6-11,13-15H2,(H,28,31,32)/t22-/m0/s1/i6D2,7D2,13D2. The number of benzene rings is 2. The molecule has 0 radical (unpaired) electrons. The first-order chi connectivity index (χ1) is 18.7. The number of morpholine rings is 1. The van der Waals surface area contributed by atoms with E-state index in [-0.39, 0.29) is 28.9 Å². The molecular weight excluding hydrogens is 439 g/mol. The van der Waals surface area contributed by atoms with Crippen molar-refractivity contribution in [1.29, 1.82) is 0 Å². The number of piperidine rings is 1. The minimum Gasteiger partial charge on any atom is -0.381 e. The van der Waals surface area contributed by atoms with E-state index in [0.717, 1.165) is 4.90 Å². The Morgan fingerprint density at radius 2 is 2.03 bits per heavy atom. The van der Waals surface area contributed by atoms with E-state index in [1.807, 2.05) is 0 Å². The van der Waals surface area contributed by atoms with Gasteiger partial charge in [-0.15, -0.1) is 0 Å². The summed E-state index contributed by atoms with van der Waals surface area (Å²) in [6.07, 6.45) is -6.14. The molecule has 8 nitrogen and oxygen atoms in total. The zero-order chi connectivity index (χ0) is 29.0. The predicted octanol–water partition coefficient (Wildman–Crippen LogP) is 2.03. The van der Waals surface area contributed by atoms with Crippen LogP contribution >= 0.6 is 0 Å². The number of halogens is 1. The topological polar surface area (TPSA) is 91.0 Å². The van der Waals surface area contributed by atoms with Crippen LogP contribution in [0.2, 0.25) is 0 Å². The van der Waals surface area contributed by atoms with Gasteiger partial charge in [0, 0.05) is 66.9 Å². The number of imide groups is 1. The average Bonchev–Trinajstić information content (AvgIpc) is 3.20. The molecule has 2 N–H and O–H groups in total. The minimum atomic E-state index is -3.09. The Hall–Kier alpha value is -3.30. The number of hydrogen-bond acceptors (Lipinski definition) is 6. The second-order valence-corrected chi connectivity index (χ2v) is 8.21. The third-order valence-corrected chi connectivity index (χ3v) is 5.99. The van der Waals surface area contributed by atoms with Gasteiger partial charge in [0.2, 0.25) is 11.8 Å². The molecule has 2 aromatic carbocycles. The fourth-order valence-corrected chi connectivity index (χ4v) is 4.22. The number of hydrogen-bond donors (Lipinski definition) is 2. The lowest BCUT2D eigenvalue weighted by molar-refractivity contribution is -0.136. The highest BCUT2D eigenvalue weighted by atomic mass is 19.1. The molecule has 9 heteroatoms. The number of carbonyl (C=O) groups excluding carboxylic acids is 3. The van der Waals surface area contributed by atoms with E-state index in [0.29, 0.717) is 38.4 Å². The summed E-state index contributed by atoms with van der Waals surface area (Å²) in [6, 6.07) is 6.67. The van der Waals surface area contributed by atoms with Crippen LogP contribution in [0.3, 0.4) is 0 Å². The first-order valence-corrected chi connectivity index (χ1v) is 10.9. The van der Waals surface area contributed by atoms with Gasteiger partial charge in [-0.3, -0.25) is 24.6 Å². The first-order valence-electron chi connectivity index (χ1n) is 13.9. The maximum atomic E-state index is 15.1. The van der Waals surface area contributed by atoms with Crippen LogP contribution in [0, 0.1) is 5.82 Å². The fourth-order valence-electron chi connectivity index (χ4n) is 4.22. The largest absolute Gasteiger partial charge is 0.381 e. The first kappa shape index (κ1) is 16.3. The normalized spacial score (nSPS) is 26.9. The van der Waals surface area contributed by atoms with Crippen LogP contribution in [0.25, 0.3) is 0 Å². The number of nitrogens with one attached hydrogen (secondary N) is 2. The van der Waals surface area contributed by atoms with E-state index in [1.165, 1.54) is 30.3 Å². The Morgan fingerprint density at radius 1 is 1.21 bits per heavy atom. The number of nitrogens with zero attached hydrogens (tertiary/aromatic N) is 2. The van der Waals surface area contributed by atoms with Crippen LogP contribution < -0.4 is 10.6 Å². The molecule has 0 saturated carbocycles. The van der Waals surface area contributed by atoms with Gasteiger partial charge in [0.25, 0.3) is 5.91 Å². The summed E-state index contributed by atoms with van der Waals surface area (Å²) < 4.78 is 69.9. The molecule has 3 aliphatic rings. The van der Waals surface area contributed by atoms with Gasteiger partial charge in [0.05, 0.1) is 16.0 Å². The highest BCUT2D eigenvalue weighted by Gasteiger charge is 2.39. The van der Waals surface area contributed by atoms with Crippen molar-refractivity contribution in [2.45, 2.75) is 38.4 Å². The molecule has 0 aliphatic carbocycles. The molecule has 0 aromatic heterocycles. The van der Waals surface area contributed by atoms with Crippen molar-refractivity contribution < 1.29 is 31.7 Å². The van der Waals surface area contributed by atoms with E-state index < -0.39 is 48.8 Å². The van der Waals surface area contributed by atoms with Crippen molar-refractivity contribution in [2.75, 3.05) is 31.6 Å². The van der Waals surface area contributed by atoms with Gasteiger partial charge in [-0.25, -0.2) is 4.39 Å². The molecule has 178 valence electrons. The lowest BCUT2D eigenvalue weighted by atomic mass is 10.0. The molecule has 0 bridgehead atoms. The Balaban J connectivity index is 1.39. The zero-order valence-corrected chi connectivity index (χ0v) is 18.2. The molecule has 3 heterocycles. The van der Waals surface area contributed by atoms with Gasteiger partial charge in [-0.1, -0.05) is 18.2 Å². The molecule has 3 amide bonds. The van der Waals surface area contributed by atoms with Crippen LogP contribution in [0.5, 0.6) is 0 Å². The highest BCUT2D eigenvalue weighted by Crippen LogP contribution is 2.32. The van der Waals surface area contributed by atoms with Gasteiger partial charge in [0.15, 0.2) is 0 Å².